The summed E-state index contributed by atoms with van der Waals surface area (Å²) in [4.78, 5) is 14.4. The van der Waals surface area contributed by atoms with Crippen molar-refractivity contribution in [2.24, 2.45) is 5.92 Å². The minimum atomic E-state index is -3.05. The molecule has 0 aromatic heterocycles. The fourth-order valence-electron chi connectivity index (χ4n) is 4.51. The van der Waals surface area contributed by atoms with Crippen LogP contribution in [0, 0.1) is 5.92 Å². The second-order valence-electron chi connectivity index (χ2n) is 7.12. The van der Waals surface area contributed by atoms with Crippen molar-refractivity contribution < 1.29 is 18.4 Å². The van der Waals surface area contributed by atoms with Crippen LogP contribution in [0.2, 0.25) is 0 Å². The van der Waals surface area contributed by atoms with Gasteiger partial charge in [0.25, 0.3) is 5.91 Å². The largest absolute Gasteiger partial charge is 0.398 e. The monoisotopic (exact) mass is 380 g/mol. The van der Waals surface area contributed by atoms with Crippen molar-refractivity contribution in [3.63, 3.8) is 0 Å². The summed E-state index contributed by atoms with van der Waals surface area (Å²) >= 11 is 0. The summed E-state index contributed by atoms with van der Waals surface area (Å²) in [5.41, 5.74) is 8.22. The molecule has 1 aromatic carbocycles. The standard InChI is InChI=1S/C19H29N2O4P/c1-4-24-26(23,25-5-2)14-11-9-13(10-12-14)18-15-7-6-8-16(20)17(15)19(22)21(18)3/h6-8,13-14,18H,4-5,9-12,20H2,1-3H3. The number of carbonyl (C=O) groups is 1. The van der Waals surface area contributed by atoms with Crippen LogP contribution in [-0.2, 0) is 13.6 Å². The molecular formula is C19H29N2O4P. The Kier molecular flexibility index (Phi) is 5.75. The zero-order chi connectivity index (χ0) is 18.9. The molecule has 1 aromatic rings. The molecule has 0 radical (unpaired) electrons. The van der Waals surface area contributed by atoms with Gasteiger partial charge in [-0.1, -0.05) is 12.1 Å². The van der Waals surface area contributed by atoms with Crippen LogP contribution in [0.1, 0.15) is 61.5 Å². The third-order valence-corrected chi connectivity index (χ3v) is 8.30. The first-order valence-corrected chi connectivity index (χ1v) is 11.1. The highest BCUT2D eigenvalue weighted by Gasteiger charge is 2.44. The Labute approximate surface area is 155 Å². The molecule has 1 atom stereocenters. The quantitative estimate of drug-likeness (QED) is 0.590. The maximum atomic E-state index is 13.0. The lowest BCUT2D eigenvalue weighted by atomic mass is 9.81. The van der Waals surface area contributed by atoms with Crippen LogP contribution < -0.4 is 5.73 Å². The number of rotatable bonds is 6. The van der Waals surface area contributed by atoms with Crippen LogP contribution in [0.3, 0.4) is 0 Å². The molecule has 0 saturated heterocycles. The molecular weight excluding hydrogens is 351 g/mol. The highest BCUT2D eigenvalue weighted by molar-refractivity contribution is 7.54. The van der Waals surface area contributed by atoms with E-state index in [0.717, 1.165) is 31.2 Å². The Bertz CT molecular complexity index is 705. The molecule has 2 N–H and O–H groups in total. The van der Waals surface area contributed by atoms with Gasteiger partial charge in [-0.2, -0.15) is 0 Å². The van der Waals surface area contributed by atoms with Crippen LogP contribution in [0.5, 0.6) is 0 Å². The maximum Gasteiger partial charge on any atom is 0.333 e. The lowest BCUT2D eigenvalue weighted by molar-refractivity contribution is 0.0698. The summed E-state index contributed by atoms with van der Waals surface area (Å²) in [5.74, 6) is 0.333. The number of nitrogen functional groups attached to an aromatic ring is 1. The molecule has 0 spiro atoms. The average Bonchev–Trinajstić information content (AvgIpc) is 2.88. The third kappa shape index (κ3) is 3.30. The van der Waals surface area contributed by atoms with Crippen LogP contribution in [0.4, 0.5) is 5.69 Å². The second kappa shape index (κ2) is 7.71. The van der Waals surface area contributed by atoms with Crippen molar-refractivity contribution >= 4 is 19.2 Å². The molecule has 3 rings (SSSR count). The number of hydrogen-bond donors (Lipinski definition) is 1. The predicted molar refractivity (Wildman–Crippen MR) is 102 cm³/mol. The number of hydrogen-bond acceptors (Lipinski definition) is 5. The van der Waals surface area contributed by atoms with Crippen molar-refractivity contribution in [3.8, 4) is 0 Å². The van der Waals surface area contributed by atoms with Crippen LogP contribution in [-0.4, -0.2) is 36.7 Å². The van der Waals surface area contributed by atoms with E-state index < -0.39 is 7.60 Å². The molecule has 1 unspecified atom stereocenters. The molecule has 144 valence electrons. The molecule has 7 heteroatoms. The Hall–Kier alpha value is -1.36. The van der Waals surface area contributed by atoms with Gasteiger partial charge < -0.3 is 19.7 Å². The lowest BCUT2D eigenvalue weighted by Crippen LogP contribution is -2.32. The zero-order valence-corrected chi connectivity index (χ0v) is 16.7. The van der Waals surface area contributed by atoms with Gasteiger partial charge in [0.2, 0.25) is 0 Å². The summed E-state index contributed by atoms with van der Waals surface area (Å²) in [6, 6.07) is 5.75. The number of anilines is 1. The summed E-state index contributed by atoms with van der Waals surface area (Å²) < 4.78 is 24.1. The zero-order valence-electron chi connectivity index (χ0n) is 15.8. The van der Waals surface area contributed by atoms with E-state index in [2.05, 4.69) is 0 Å². The minimum absolute atomic E-state index is 0.000437. The molecule has 6 nitrogen and oxygen atoms in total. The van der Waals surface area contributed by atoms with E-state index in [4.69, 9.17) is 14.8 Å². The number of fused-ring (bicyclic) bond motifs is 1. The molecule has 1 aliphatic carbocycles. The van der Waals surface area contributed by atoms with Crippen molar-refractivity contribution in [2.45, 2.75) is 51.2 Å². The van der Waals surface area contributed by atoms with E-state index in [-0.39, 0.29) is 17.6 Å². The van der Waals surface area contributed by atoms with E-state index in [9.17, 15) is 9.36 Å². The minimum Gasteiger partial charge on any atom is -0.398 e. The molecule has 2 aliphatic rings. The van der Waals surface area contributed by atoms with Gasteiger partial charge in [0.05, 0.1) is 30.5 Å². The first-order chi connectivity index (χ1) is 12.4. The highest BCUT2D eigenvalue weighted by Crippen LogP contribution is 2.59. The summed E-state index contributed by atoms with van der Waals surface area (Å²) in [7, 11) is -1.20. The van der Waals surface area contributed by atoms with Gasteiger partial charge in [0, 0.05) is 12.7 Å². The Morgan fingerprint density at radius 3 is 2.35 bits per heavy atom. The fraction of sp³-hybridized carbons (Fsp3) is 0.632. The van der Waals surface area contributed by atoms with E-state index >= 15 is 0 Å². The smallest absolute Gasteiger partial charge is 0.333 e. The van der Waals surface area contributed by atoms with Crippen molar-refractivity contribution in [1.29, 1.82) is 0 Å². The topological polar surface area (TPSA) is 81.9 Å². The molecule has 1 fully saturated rings. The van der Waals surface area contributed by atoms with Gasteiger partial charge in [-0.25, -0.2) is 0 Å². The predicted octanol–water partition coefficient (Wildman–Crippen LogP) is 4.22. The number of benzene rings is 1. The molecule has 1 amide bonds. The average molecular weight is 380 g/mol. The van der Waals surface area contributed by atoms with Crippen LogP contribution in [0.25, 0.3) is 0 Å². The van der Waals surface area contributed by atoms with E-state index in [1.54, 1.807) is 6.07 Å². The Balaban J connectivity index is 1.76. The van der Waals surface area contributed by atoms with Gasteiger partial charge in [-0.15, -0.1) is 0 Å². The van der Waals surface area contributed by atoms with E-state index in [1.807, 2.05) is 37.9 Å². The Morgan fingerprint density at radius 1 is 1.15 bits per heavy atom. The van der Waals surface area contributed by atoms with Gasteiger partial charge >= 0.3 is 7.60 Å². The normalized spacial score (nSPS) is 26.2. The van der Waals surface area contributed by atoms with Crippen molar-refractivity contribution in [3.05, 3.63) is 29.3 Å². The second-order valence-corrected chi connectivity index (χ2v) is 9.44. The van der Waals surface area contributed by atoms with E-state index in [1.165, 1.54) is 0 Å². The molecule has 26 heavy (non-hydrogen) atoms. The number of nitrogens with two attached hydrogens (primary N) is 1. The molecule has 0 bridgehead atoms. The fourth-order valence-corrected chi connectivity index (χ4v) is 6.65. The SMILES string of the molecule is CCOP(=O)(OCC)C1CCC(C2c3cccc(N)c3C(=O)N2C)CC1. The summed E-state index contributed by atoms with van der Waals surface area (Å²) in [6.45, 7) is 4.48. The van der Waals surface area contributed by atoms with Gasteiger partial charge in [-0.05, 0) is 57.1 Å². The maximum absolute atomic E-state index is 13.0. The first-order valence-electron chi connectivity index (χ1n) is 9.47. The first kappa shape index (κ1) is 19.4. The van der Waals surface area contributed by atoms with E-state index in [0.29, 0.717) is 30.4 Å². The third-order valence-electron chi connectivity index (χ3n) is 5.65. The van der Waals surface area contributed by atoms with Crippen molar-refractivity contribution in [1.82, 2.24) is 4.90 Å². The number of amides is 1. The van der Waals surface area contributed by atoms with Gasteiger partial charge in [0.1, 0.15) is 0 Å². The van der Waals surface area contributed by atoms with Crippen molar-refractivity contribution in [2.75, 3.05) is 26.0 Å². The molecule has 1 heterocycles. The highest BCUT2D eigenvalue weighted by atomic mass is 31.2. The molecule has 1 aliphatic heterocycles. The number of nitrogens with zero attached hydrogens (tertiary/aromatic N) is 1. The van der Waals surface area contributed by atoms with Gasteiger partial charge in [-0.3, -0.25) is 9.36 Å². The Morgan fingerprint density at radius 2 is 1.77 bits per heavy atom. The van der Waals surface area contributed by atoms with Crippen LogP contribution in [0.15, 0.2) is 18.2 Å². The summed E-state index contributed by atoms with van der Waals surface area (Å²) in [6.07, 6.45) is 3.37. The van der Waals surface area contributed by atoms with Crippen LogP contribution >= 0.6 is 7.60 Å². The molecule has 1 saturated carbocycles. The number of carbonyl (C=O) groups excluding carboxylic acids is 1. The summed E-state index contributed by atoms with van der Waals surface area (Å²) in [5, 5.41) is 0. The lowest BCUT2D eigenvalue weighted by Gasteiger charge is -2.37. The van der Waals surface area contributed by atoms with Gasteiger partial charge in [0.15, 0.2) is 0 Å².